The van der Waals surface area contributed by atoms with Crippen LogP contribution in [0.1, 0.15) is 106 Å². The van der Waals surface area contributed by atoms with E-state index < -0.39 is 71.2 Å². The Bertz CT molecular complexity index is 1350. The Kier molecular flexibility index (Phi) is 12.2. The first-order valence-electron chi connectivity index (χ1n) is 16.5. The van der Waals surface area contributed by atoms with E-state index in [0.29, 0.717) is 24.8 Å². The molecule has 3 rings (SSSR count). The minimum atomic E-state index is -4.73. The molecule has 0 saturated carbocycles. The van der Waals surface area contributed by atoms with Gasteiger partial charge in [0.05, 0.1) is 48.0 Å². The molecule has 0 aromatic carbocycles. The second-order valence-corrected chi connectivity index (χ2v) is 15.1. The van der Waals surface area contributed by atoms with Crippen molar-refractivity contribution in [2.24, 2.45) is 17.3 Å². The van der Waals surface area contributed by atoms with E-state index in [-0.39, 0.29) is 43.0 Å². The number of carbonyl (C=O) groups is 3. The molecular weight excluding hydrogens is 635 g/mol. The summed E-state index contributed by atoms with van der Waals surface area (Å²) in [6.45, 7) is 15.0. The van der Waals surface area contributed by atoms with Gasteiger partial charge in [0.25, 0.3) is 0 Å². The van der Waals surface area contributed by atoms with Gasteiger partial charge in [-0.3, -0.25) is 14.3 Å². The van der Waals surface area contributed by atoms with E-state index in [4.69, 9.17) is 14.2 Å². The topological polar surface area (TPSA) is 153 Å². The van der Waals surface area contributed by atoms with Crippen molar-refractivity contribution in [2.45, 2.75) is 143 Å². The molecule has 2 aliphatic rings. The predicted octanol–water partition coefficient (Wildman–Crippen LogP) is 5.45. The second-order valence-electron chi connectivity index (χ2n) is 15.1. The molecule has 1 amide bonds. The number of cyclic esters (lactones) is 1. The fraction of sp³-hybridized carbons (Fsp3) is 0.765. The molecule has 11 nitrogen and oxygen atoms in total. The van der Waals surface area contributed by atoms with Crippen molar-refractivity contribution < 1.29 is 52.0 Å². The van der Waals surface area contributed by atoms with Crippen LogP contribution in [0.25, 0.3) is 6.08 Å². The van der Waals surface area contributed by atoms with Crippen LogP contribution in [0.2, 0.25) is 0 Å². The molecule has 48 heavy (non-hydrogen) atoms. The summed E-state index contributed by atoms with van der Waals surface area (Å²) in [5.74, 6) is -2.16. The molecule has 3 heterocycles. The third-order valence-electron chi connectivity index (χ3n) is 9.38. The Balaban J connectivity index is 1.90. The van der Waals surface area contributed by atoms with E-state index >= 15 is 0 Å². The summed E-state index contributed by atoms with van der Waals surface area (Å²) >= 11 is 0. The standard InChI is InChI=1S/C34H52F3N3O8/c1-19-11-10-12-33(9)26(47-33)17-23(46-27(42)18-25(41)32(7,8)29(44)21(3)28(19)43)20(2)15-22-16-24(34(35,36)37)39-40(22)14-13-38-30(45)48-31(4,5)6/h15-16,19,21,23,25-26,28,41,43H,10-14,17-18H2,1-9H3,(H,38,45)/b20-15+/t19-,21+,23-,25-,26-,28-,33+/m0/s1. The molecule has 0 aliphatic carbocycles. The van der Waals surface area contributed by atoms with Gasteiger partial charge in [-0.25, -0.2) is 4.79 Å². The number of alkyl carbamates (subject to hydrolysis) is 1. The van der Waals surface area contributed by atoms with E-state index in [1.165, 1.54) is 19.9 Å². The number of fused-ring (bicyclic) bond motifs is 1. The van der Waals surface area contributed by atoms with Gasteiger partial charge in [-0.15, -0.1) is 0 Å². The lowest BCUT2D eigenvalue weighted by Gasteiger charge is -2.34. The molecular formula is C34H52F3N3O8. The van der Waals surface area contributed by atoms with Crippen LogP contribution in [0.4, 0.5) is 18.0 Å². The number of alkyl halides is 3. The SMILES string of the molecule is C/C(=C\c1cc(C(F)(F)F)nn1CCNC(=O)OC(C)(C)C)[C@@H]1C[C@@H]2O[C@]2(C)CCC[C@H](C)[C@H](O)[C@@H](C)C(=O)C(C)(C)[C@@H](O)CC(=O)O1. The Hall–Kier alpha value is -2.97. The van der Waals surface area contributed by atoms with Crippen molar-refractivity contribution >= 4 is 23.9 Å². The highest BCUT2D eigenvalue weighted by Crippen LogP contribution is 2.45. The zero-order chi connectivity index (χ0) is 36.4. The molecule has 1 aromatic heterocycles. The number of ketones is 1. The van der Waals surface area contributed by atoms with E-state index in [1.54, 1.807) is 34.6 Å². The van der Waals surface area contributed by atoms with Crippen LogP contribution in [0.3, 0.4) is 0 Å². The van der Waals surface area contributed by atoms with Crippen molar-refractivity contribution in [3.8, 4) is 0 Å². The molecule has 0 radical (unpaired) electrons. The summed E-state index contributed by atoms with van der Waals surface area (Å²) in [5.41, 5.74) is -3.31. The number of epoxide rings is 1. The Morgan fingerprint density at radius 1 is 1.19 bits per heavy atom. The number of carbonyl (C=O) groups excluding carboxylic acids is 3. The number of nitrogens with one attached hydrogen (secondary N) is 1. The number of hydrogen-bond acceptors (Lipinski definition) is 9. The van der Waals surface area contributed by atoms with Gasteiger partial charge >= 0.3 is 18.2 Å². The van der Waals surface area contributed by atoms with Crippen molar-refractivity contribution in [1.29, 1.82) is 0 Å². The number of rotatable bonds is 5. The van der Waals surface area contributed by atoms with Crippen LogP contribution < -0.4 is 5.32 Å². The van der Waals surface area contributed by atoms with Crippen LogP contribution in [0.15, 0.2) is 11.6 Å². The second kappa shape index (κ2) is 14.9. The van der Waals surface area contributed by atoms with Gasteiger partial charge in [-0.1, -0.05) is 34.1 Å². The highest BCUT2D eigenvalue weighted by molar-refractivity contribution is 5.88. The lowest BCUT2D eigenvalue weighted by Crippen LogP contribution is -2.45. The molecule has 0 unspecified atom stereocenters. The lowest BCUT2D eigenvalue weighted by molar-refractivity contribution is -0.154. The fourth-order valence-corrected chi connectivity index (χ4v) is 6.06. The highest BCUT2D eigenvalue weighted by atomic mass is 19.4. The van der Waals surface area contributed by atoms with Gasteiger partial charge < -0.3 is 29.7 Å². The average molecular weight is 688 g/mol. The number of aliphatic hydroxyl groups excluding tert-OH is 2. The predicted molar refractivity (Wildman–Crippen MR) is 170 cm³/mol. The zero-order valence-electron chi connectivity index (χ0n) is 29.4. The van der Waals surface area contributed by atoms with Crippen LogP contribution in [-0.2, 0) is 36.5 Å². The van der Waals surface area contributed by atoms with Gasteiger partial charge in [-0.05, 0) is 71.1 Å². The van der Waals surface area contributed by atoms with Crippen LogP contribution in [0, 0.1) is 17.3 Å². The maximum Gasteiger partial charge on any atom is 0.435 e. The van der Waals surface area contributed by atoms with Crippen LogP contribution >= 0.6 is 0 Å². The fourth-order valence-electron chi connectivity index (χ4n) is 6.06. The number of ether oxygens (including phenoxy) is 3. The smallest absolute Gasteiger partial charge is 0.435 e. The first-order valence-corrected chi connectivity index (χ1v) is 16.5. The number of Topliss-reactive ketones (excluding diaryl/α,β-unsaturated/α-hetero) is 1. The summed E-state index contributed by atoms with van der Waals surface area (Å²) in [5, 5.41) is 28.1. The molecule has 272 valence electrons. The number of nitrogens with zero attached hydrogens (tertiary/aromatic N) is 2. The van der Waals surface area contributed by atoms with E-state index in [1.807, 2.05) is 13.8 Å². The third kappa shape index (κ3) is 10.3. The summed E-state index contributed by atoms with van der Waals surface area (Å²) in [7, 11) is 0. The molecule has 1 aromatic rings. The average Bonchev–Trinajstić information content (AvgIpc) is 3.39. The summed E-state index contributed by atoms with van der Waals surface area (Å²) in [6.07, 6.45) is -5.93. The van der Waals surface area contributed by atoms with Gasteiger partial charge in [0.1, 0.15) is 17.5 Å². The molecule has 2 saturated heterocycles. The minimum Gasteiger partial charge on any atom is -0.458 e. The number of amides is 1. The summed E-state index contributed by atoms with van der Waals surface area (Å²) < 4.78 is 59.2. The van der Waals surface area contributed by atoms with Crippen molar-refractivity contribution in [3.05, 3.63) is 23.0 Å². The van der Waals surface area contributed by atoms with E-state index in [0.717, 1.165) is 10.7 Å². The first kappa shape index (κ1) is 39.5. The van der Waals surface area contributed by atoms with Gasteiger partial charge in [0.2, 0.25) is 0 Å². The quantitative estimate of drug-likeness (QED) is 0.271. The van der Waals surface area contributed by atoms with Crippen molar-refractivity contribution in [1.82, 2.24) is 15.1 Å². The van der Waals surface area contributed by atoms with Gasteiger partial charge in [0, 0.05) is 18.9 Å². The molecule has 2 aliphatic heterocycles. The minimum absolute atomic E-state index is 0.0683. The largest absolute Gasteiger partial charge is 0.458 e. The van der Waals surface area contributed by atoms with Crippen LogP contribution in [0.5, 0.6) is 0 Å². The molecule has 3 N–H and O–H groups in total. The molecule has 7 atom stereocenters. The number of halogens is 3. The van der Waals surface area contributed by atoms with Crippen LogP contribution in [-0.4, -0.2) is 80.0 Å². The van der Waals surface area contributed by atoms with Crippen molar-refractivity contribution in [3.63, 3.8) is 0 Å². The lowest BCUT2D eigenvalue weighted by atomic mass is 9.73. The summed E-state index contributed by atoms with van der Waals surface area (Å²) in [6, 6.07) is 0.876. The maximum atomic E-state index is 13.7. The Labute approximate surface area is 280 Å². The normalized spacial score (nSPS) is 31.1. The Morgan fingerprint density at radius 3 is 2.44 bits per heavy atom. The first-order chi connectivity index (χ1) is 21.9. The zero-order valence-corrected chi connectivity index (χ0v) is 29.4. The highest BCUT2D eigenvalue weighted by Gasteiger charge is 2.53. The van der Waals surface area contributed by atoms with Gasteiger partial charge in [-0.2, -0.15) is 18.3 Å². The Morgan fingerprint density at radius 2 is 1.83 bits per heavy atom. The van der Waals surface area contributed by atoms with E-state index in [9.17, 15) is 37.8 Å². The monoisotopic (exact) mass is 687 g/mol. The molecule has 14 heteroatoms. The number of hydrogen-bond donors (Lipinski definition) is 3. The molecule has 0 spiro atoms. The van der Waals surface area contributed by atoms with Gasteiger partial charge in [0.15, 0.2) is 5.69 Å². The van der Waals surface area contributed by atoms with E-state index in [2.05, 4.69) is 10.4 Å². The number of aliphatic hydroxyl groups is 2. The number of esters is 1. The summed E-state index contributed by atoms with van der Waals surface area (Å²) in [4.78, 5) is 38.7. The molecule has 2 fully saturated rings. The molecule has 0 bridgehead atoms. The van der Waals surface area contributed by atoms with Crippen molar-refractivity contribution in [2.75, 3.05) is 6.54 Å². The third-order valence-corrected chi connectivity index (χ3v) is 9.38. The maximum absolute atomic E-state index is 13.7. The number of aromatic nitrogens is 2.